The van der Waals surface area contributed by atoms with Crippen LogP contribution in [-0.2, 0) is 5.54 Å². The van der Waals surface area contributed by atoms with E-state index < -0.39 is 5.54 Å². The molecule has 3 nitrogen and oxygen atoms in total. The Labute approximate surface area is 119 Å². The van der Waals surface area contributed by atoms with E-state index in [4.69, 9.17) is 11.6 Å². The zero-order valence-electron chi connectivity index (χ0n) is 11.5. The van der Waals surface area contributed by atoms with Crippen LogP contribution in [0.2, 0.25) is 5.02 Å². The Morgan fingerprint density at radius 3 is 2.37 bits per heavy atom. The van der Waals surface area contributed by atoms with Gasteiger partial charge in [0.1, 0.15) is 0 Å². The summed E-state index contributed by atoms with van der Waals surface area (Å²) in [6, 6.07) is 7.81. The molecule has 1 fully saturated rings. The third-order valence-electron chi connectivity index (χ3n) is 3.68. The monoisotopic (exact) mass is 280 g/mol. The number of amides is 2. The SMILES string of the molecule is CC(C)(NC(=O)NC1CCCC1)c1ccc(Cl)cc1. The number of hydrogen-bond acceptors (Lipinski definition) is 1. The molecule has 0 atom stereocenters. The van der Waals surface area contributed by atoms with Gasteiger partial charge in [-0.1, -0.05) is 36.6 Å². The lowest BCUT2D eigenvalue weighted by Gasteiger charge is -2.28. The van der Waals surface area contributed by atoms with Crippen LogP contribution in [0.15, 0.2) is 24.3 Å². The van der Waals surface area contributed by atoms with Gasteiger partial charge in [0, 0.05) is 11.1 Å². The molecule has 4 heteroatoms. The average molecular weight is 281 g/mol. The number of benzene rings is 1. The van der Waals surface area contributed by atoms with E-state index in [-0.39, 0.29) is 6.03 Å². The fourth-order valence-electron chi connectivity index (χ4n) is 2.51. The van der Waals surface area contributed by atoms with Crippen LogP contribution in [0.1, 0.15) is 45.1 Å². The summed E-state index contributed by atoms with van der Waals surface area (Å²) in [5.74, 6) is 0. The van der Waals surface area contributed by atoms with E-state index in [0.717, 1.165) is 18.4 Å². The summed E-state index contributed by atoms with van der Waals surface area (Å²) in [5, 5.41) is 6.77. The van der Waals surface area contributed by atoms with Crippen LogP contribution >= 0.6 is 11.6 Å². The molecule has 0 heterocycles. The first-order chi connectivity index (χ1) is 8.97. The Balaban J connectivity index is 1.95. The van der Waals surface area contributed by atoms with Gasteiger partial charge in [-0.3, -0.25) is 0 Å². The van der Waals surface area contributed by atoms with E-state index >= 15 is 0 Å². The number of urea groups is 1. The predicted molar refractivity (Wildman–Crippen MR) is 78.4 cm³/mol. The van der Waals surface area contributed by atoms with Crippen LogP contribution in [-0.4, -0.2) is 12.1 Å². The number of carbonyl (C=O) groups is 1. The third-order valence-corrected chi connectivity index (χ3v) is 3.93. The Morgan fingerprint density at radius 2 is 1.79 bits per heavy atom. The van der Waals surface area contributed by atoms with Crippen LogP contribution in [0.4, 0.5) is 4.79 Å². The molecule has 0 unspecified atom stereocenters. The number of halogens is 1. The van der Waals surface area contributed by atoms with Crippen molar-refractivity contribution in [1.82, 2.24) is 10.6 Å². The highest BCUT2D eigenvalue weighted by atomic mass is 35.5. The Kier molecular flexibility index (Phi) is 4.35. The molecule has 0 saturated heterocycles. The van der Waals surface area contributed by atoms with Gasteiger partial charge in [0.05, 0.1) is 5.54 Å². The molecule has 2 rings (SSSR count). The van der Waals surface area contributed by atoms with Crippen molar-refractivity contribution in [2.75, 3.05) is 0 Å². The molecule has 104 valence electrons. The molecule has 19 heavy (non-hydrogen) atoms. The number of nitrogens with one attached hydrogen (secondary N) is 2. The van der Waals surface area contributed by atoms with Crippen LogP contribution in [0.3, 0.4) is 0 Å². The van der Waals surface area contributed by atoms with Crippen molar-refractivity contribution in [2.24, 2.45) is 0 Å². The minimum absolute atomic E-state index is 0.0909. The number of rotatable bonds is 3. The lowest BCUT2D eigenvalue weighted by atomic mass is 9.94. The van der Waals surface area contributed by atoms with Crippen LogP contribution in [0, 0.1) is 0 Å². The molecule has 2 amide bonds. The van der Waals surface area contributed by atoms with Crippen molar-refractivity contribution in [2.45, 2.75) is 51.1 Å². The zero-order valence-corrected chi connectivity index (χ0v) is 12.3. The molecule has 0 aliphatic heterocycles. The summed E-state index contributed by atoms with van der Waals surface area (Å²) in [6.07, 6.45) is 4.61. The summed E-state index contributed by atoms with van der Waals surface area (Å²) in [7, 11) is 0. The highest BCUT2D eigenvalue weighted by molar-refractivity contribution is 6.30. The van der Waals surface area contributed by atoms with Gasteiger partial charge in [0.25, 0.3) is 0 Å². The van der Waals surface area contributed by atoms with Crippen LogP contribution in [0.25, 0.3) is 0 Å². The van der Waals surface area contributed by atoms with Gasteiger partial charge >= 0.3 is 6.03 Å². The summed E-state index contributed by atoms with van der Waals surface area (Å²) < 4.78 is 0. The largest absolute Gasteiger partial charge is 0.335 e. The van der Waals surface area contributed by atoms with E-state index in [1.165, 1.54) is 12.8 Å². The van der Waals surface area contributed by atoms with Gasteiger partial charge < -0.3 is 10.6 Å². The fourth-order valence-corrected chi connectivity index (χ4v) is 2.64. The van der Waals surface area contributed by atoms with E-state index in [1.54, 1.807) is 0 Å². The maximum atomic E-state index is 12.0. The molecule has 1 aliphatic carbocycles. The van der Waals surface area contributed by atoms with Gasteiger partial charge in [-0.25, -0.2) is 4.79 Å². The van der Waals surface area contributed by atoms with E-state index in [2.05, 4.69) is 10.6 Å². The van der Waals surface area contributed by atoms with Crippen molar-refractivity contribution in [3.63, 3.8) is 0 Å². The van der Waals surface area contributed by atoms with Crippen molar-refractivity contribution in [3.8, 4) is 0 Å². The first-order valence-electron chi connectivity index (χ1n) is 6.82. The van der Waals surface area contributed by atoms with Gasteiger partial charge in [0.2, 0.25) is 0 Å². The molecule has 0 aromatic heterocycles. The standard InChI is InChI=1S/C15H21ClN2O/c1-15(2,11-7-9-12(16)10-8-11)18-14(19)17-13-5-3-4-6-13/h7-10,13H,3-6H2,1-2H3,(H2,17,18,19). The average Bonchev–Trinajstić information content (AvgIpc) is 2.81. The number of hydrogen-bond donors (Lipinski definition) is 2. The topological polar surface area (TPSA) is 41.1 Å². The Bertz CT molecular complexity index is 436. The molecule has 2 N–H and O–H groups in total. The number of carbonyl (C=O) groups excluding carboxylic acids is 1. The molecular weight excluding hydrogens is 260 g/mol. The second kappa shape index (κ2) is 5.83. The first-order valence-corrected chi connectivity index (χ1v) is 7.20. The predicted octanol–water partition coefficient (Wildman–Crippen LogP) is 3.82. The van der Waals surface area contributed by atoms with E-state index in [0.29, 0.717) is 11.1 Å². The van der Waals surface area contributed by atoms with Crippen molar-refractivity contribution in [1.29, 1.82) is 0 Å². The van der Waals surface area contributed by atoms with Crippen molar-refractivity contribution < 1.29 is 4.79 Å². The lowest BCUT2D eigenvalue weighted by Crippen LogP contribution is -2.48. The summed E-state index contributed by atoms with van der Waals surface area (Å²) in [6.45, 7) is 3.98. The van der Waals surface area contributed by atoms with Gasteiger partial charge in [-0.15, -0.1) is 0 Å². The zero-order chi connectivity index (χ0) is 13.9. The Hall–Kier alpha value is -1.22. The van der Waals surface area contributed by atoms with Crippen LogP contribution < -0.4 is 10.6 Å². The molecular formula is C15H21ClN2O. The van der Waals surface area contributed by atoms with E-state index in [9.17, 15) is 4.79 Å². The summed E-state index contributed by atoms with van der Waals surface area (Å²) >= 11 is 5.88. The maximum Gasteiger partial charge on any atom is 0.315 e. The summed E-state index contributed by atoms with van der Waals surface area (Å²) in [4.78, 5) is 12.0. The molecule has 1 aromatic rings. The Morgan fingerprint density at radius 1 is 1.21 bits per heavy atom. The molecule has 1 aliphatic rings. The van der Waals surface area contributed by atoms with Gasteiger partial charge in [-0.2, -0.15) is 0 Å². The molecule has 0 bridgehead atoms. The minimum atomic E-state index is -0.409. The second-order valence-corrected chi connectivity index (χ2v) is 6.15. The smallest absolute Gasteiger partial charge is 0.315 e. The molecule has 1 saturated carbocycles. The lowest BCUT2D eigenvalue weighted by molar-refractivity contribution is 0.226. The van der Waals surface area contributed by atoms with Crippen molar-refractivity contribution >= 4 is 17.6 Å². The minimum Gasteiger partial charge on any atom is -0.335 e. The van der Waals surface area contributed by atoms with Crippen molar-refractivity contribution in [3.05, 3.63) is 34.9 Å². The highest BCUT2D eigenvalue weighted by Gasteiger charge is 2.24. The highest BCUT2D eigenvalue weighted by Crippen LogP contribution is 2.22. The first kappa shape index (κ1) is 14.2. The summed E-state index contributed by atoms with van der Waals surface area (Å²) in [5.41, 5.74) is 0.631. The molecule has 0 radical (unpaired) electrons. The fraction of sp³-hybridized carbons (Fsp3) is 0.533. The second-order valence-electron chi connectivity index (χ2n) is 5.71. The third kappa shape index (κ3) is 3.87. The molecule has 1 aromatic carbocycles. The van der Waals surface area contributed by atoms with E-state index in [1.807, 2.05) is 38.1 Å². The normalized spacial score (nSPS) is 16.4. The van der Waals surface area contributed by atoms with Gasteiger partial charge in [0.15, 0.2) is 0 Å². The van der Waals surface area contributed by atoms with Gasteiger partial charge in [-0.05, 0) is 44.4 Å². The quantitative estimate of drug-likeness (QED) is 0.868. The maximum absolute atomic E-state index is 12.0. The molecule has 0 spiro atoms. The van der Waals surface area contributed by atoms with Crippen LogP contribution in [0.5, 0.6) is 0 Å².